The van der Waals surface area contributed by atoms with Gasteiger partial charge in [0.15, 0.2) is 0 Å². The predicted octanol–water partition coefficient (Wildman–Crippen LogP) is 0.568. The van der Waals surface area contributed by atoms with Crippen molar-refractivity contribution in [3.8, 4) is 0 Å². The topological polar surface area (TPSA) is 83.8 Å². The second kappa shape index (κ2) is 4.68. The maximum absolute atomic E-state index is 10.3. The van der Waals surface area contributed by atoms with E-state index in [1.807, 2.05) is 0 Å². The number of hydrogen-bond donors (Lipinski definition) is 1. The zero-order valence-corrected chi connectivity index (χ0v) is 5.50. The Morgan fingerprint density at radius 3 is 2.40 bits per heavy atom. The summed E-state index contributed by atoms with van der Waals surface area (Å²) in [7, 11) is 0. The van der Waals surface area contributed by atoms with E-state index in [1.54, 1.807) is 0 Å². The third-order valence-electron chi connectivity index (χ3n) is 0.489. The van der Waals surface area contributed by atoms with E-state index in [0.29, 0.717) is 6.08 Å². The van der Waals surface area contributed by atoms with Gasteiger partial charge in [0.25, 0.3) is 0 Å². The van der Waals surface area contributed by atoms with Crippen molar-refractivity contribution in [1.82, 2.24) is 0 Å². The van der Waals surface area contributed by atoms with Crippen LogP contribution in [0.4, 0.5) is 0 Å². The van der Waals surface area contributed by atoms with Crippen molar-refractivity contribution in [3.05, 3.63) is 17.1 Å². The smallest absolute Gasteiger partial charge is 0.328 e. The minimum absolute atomic E-state index is 0.154. The number of nitroso groups, excluding NO2 is 1. The monoisotopic (exact) mass is 161 g/mol. The van der Waals surface area contributed by atoms with Crippen molar-refractivity contribution in [3.63, 3.8) is 0 Å². The fourth-order valence-corrected chi connectivity index (χ4v) is 0.409. The van der Waals surface area contributed by atoms with E-state index >= 15 is 0 Å². The lowest BCUT2D eigenvalue weighted by Gasteiger charge is -1.78. The van der Waals surface area contributed by atoms with Crippen molar-refractivity contribution >= 4 is 23.0 Å². The molecule has 0 heterocycles. The number of nitrogens with zero attached hydrogens (tertiary/aromatic N) is 1. The molecular weight excluding hydrogens is 158 g/mol. The highest BCUT2D eigenvalue weighted by Gasteiger charge is 1.96. The number of hydrogen-bond acceptors (Lipinski definition) is 5. The molecule has 0 aliphatic heterocycles. The van der Waals surface area contributed by atoms with Gasteiger partial charge in [-0.1, -0.05) is 0 Å². The van der Waals surface area contributed by atoms with Crippen LogP contribution < -0.4 is 0 Å². The quantitative estimate of drug-likeness (QED) is 0.371. The first-order chi connectivity index (χ1) is 4.66. The van der Waals surface area contributed by atoms with Crippen LogP contribution in [0.15, 0.2) is 16.7 Å². The molecule has 0 bridgehead atoms. The Morgan fingerprint density at radius 1 is 1.40 bits per heavy atom. The van der Waals surface area contributed by atoms with E-state index < -0.39 is 11.1 Å². The number of aliphatic carboxylic acids is 1. The zero-order chi connectivity index (χ0) is 7.98. The van der Waals surface area contributed by atoms with Gasteiger partial charge in [-0.05, 0) is 0 Å². The van der Waals surface area contributed by atoms with Gasteiger partial charge in [0.05, 0.1) is 0 Å². The first-order valence-corrected chi connectivity index (χ1v) is 2.89. The van der Waals surface area contributed by atoms with Crippen LogP contribution in [0.3, 0.4) is 0 Å². The lowest BCUT2D eigenvalue weighted by Crippen LogP contribution is -1.89. The third-order valence-corrected chi connectivity index (χ3v) is 0.880. The van der Waals surface area contributed by atoms with E-state index in [2.05, 4.69) is 4.58 Å². The Labute approximate surface area is 60.2 Å². The lowest BCUT2D eigenvalue weighted by atomic mass is 10.5. The Kier molecular flexibility index (Phi) is 4.14. The number of carboxylic acids is 1. The van der Waals surface area contributed by atoms with Gasteiger partial charge >= 0.3 is 5.97 Å². The summed E-state index contributed by atoms with van der Waals surface area (Å²) >= 11 is 0.154. The van der Waals surface area contributed by atoms with E-state index in [4.69, 9.17) is 5.11 Å². The highest BCUT2D eigenvalue weighted by Crippen LogP contribution is 2.02. The van der Waals surface area contributed by atoms with Crippen LogP contribution in [0.5, 0.6) is 0 Å². The minimum Gasteiger partial charge on any atom is -0.478 e. The van der Waals surface area contributed by atoms with E-state index in [9.17, 15) is 14.5 Å². The van der Waals surface area contributed by atoms with Crippen molar-refractivity contribution in [1.29, 1.82) is 0 Å². The van der Waals surface area contributed by atoms with Crippen LogP contribution in [0, 0.1) is 4.91 Å². The lowest BCUT2D eigenvalue weighted by molar-refractivity contribution is -0.131. The van der Waals surface area contributed by atoms with Crippen LogP contribution in [-0.4, -0.2) is 16.2 Å². The molecule has 5 nitrogen and oxygen atoms in total. The molecule has 0 rings (SSSR count). The Bertz CT molecular complexity index is 188. The van der Waals surface area contributed by atoms with Gasteiger partial charge in [-0.15, -0.1) is 4.91 Å². The van der Waals surface area contributed by atoms with E-state index in [0.717, 1.165) is 6.08 Å². The van der Waals surface area contributed by atoms with Crippen LogP contribution in [-0.2, 0) is 9.59 Å². The molecule has 0 aromatic rings. The maximum atomic E-state index is 10.3. The standard InChI is InChI=1S/C4H3NO4S/c6-3(7)1-2-4(8)10-5-9/h1-2H,(H,6,7)/b2-1-. The molecule has 0 aliphatic carbocycles. The van der Waals surface area contributed by atoms with Gasteiger partial charge in [0.1, 0.15) is 11.9 Å². The number of rotatable bonds is 3. The number of carbonyl (C=O) groups is 2. The van der Waals surface area contributed by atoms with Gasteiger partial charge in [0.2, 0.25) is 5.12 Å². The summed E-state index contributed by atoms with van der Waals surface area (Å²) in [5.74, 6) is -1.24. The minimum atomic E-state index is -1.24. The number of carboxylic acid groups (broad SMARTS) is 1. The Hall–Kier alpha value is -1.17. The molecule has 0 aliphatic rings. The van der Waals surface area contributed by atoms with Crippen LogP contribution in [0.25, 0.3) is 0 Å². The fraction of sp³-hybridized carbons (Fsp3) is 0. The van der Waals surface area contributed by atoms with E-state index in [-0.39, 0.29) is 11.9 Å². The molecule has 6 heteroatoms. The normalized spacial score (nSPS) is 9.60. The summed E-state index contributed by atoms with van der Waals surface area (Å²) < 4.78 is 2.19. The molecule has 0 aromatic heterocycles. The second-order valence-electron chi connectivity index (χ2n) is 1.16. The van der Waals surface area contributed by atoms with Crippen molar-refractivity contribution in [2.24, 2.45) is 4.58 Å². The molecule has 0 spiro atoms. The SMILES string of the molecule is O=NSC(=O)/C=C\C(=O)O. The molecular formula is C4H3NO4S. The Balaban J connectivity index is 3.77. The molecule has 0 unspecified atom stereocenters. The van der Waals surface area contributed by atoms with Gasteiger partial charge in [-0.25, -0.2) is 4.79 Å². The molecule has 54 valence electrons. The van der Waals surface area contributed by atoms with Crippen LogP contribution in [0.1, 0.15) is 0 Å². The molecule has 0 atom stereocenters. The van der Waals surface area contributed by atoms with Gasteiger partial charge in [-0.3, -0.25) is 4.79 Å². The van der Waals surface area contributed by atoms with Crippen molar-refractivity contribution in [2.75, 3.05) is 0 Å². The fourth-order valence-electron chi connectivity index (χ4n) is 0.206. The first kappa shape index (κ1) is 8.83. The highest BCUT2D eigenvalue weighted by molar-refractivity contribution is 8.12. The van der Waals surface area contributed by atoms with Gasteiger partial charge in [0, 0.05) is 16.7 Å². The average molecular weight is 161 g/mol. The molecule has 0 radical (unpaired) electrons. The summed E-state index contributed by atoms with van der Waals surface area (Å²) in [5.41, 5.74) is 0. The number of carbonyl (C=O) groups excluding carboxylic acids is 1. The molecule has 0 amide bonds. The molecule has 0 fully saturated rings. The molecule has 0 aromatic carbocycles. The summed E-state index contributed by atoms with van der Waals surface area (Å²) in [6.07, 6.45) is 1.40. The van der Waals surface area contributed by atoms with Crippen LogP contribution in [0.2, 0.25) is 0 Å². The summed E-state index contributed by atoms with van der Waals surface area (Å²) in [6, 6.07) is 0. The average Bonchev–Trinajstić information content (AvgIpc) is 1.85. The molecule has 0 saturated carbocycles. The van der Waals surface area contributed by atoms with Crippen LogP contribution >= 0.6 is 11.9 Å². The largest absolute Gasteiger partial charge is 0.478 e. The maximum Gasteiger partial charge on any atom is 0.328 e. The molecule has 1 N–H and O–H groups in total. The highest BCUT2D eigenvalue weighted by atomic mass is 32.2. The van der Waals surface area contributed by atoms with Crippen molar-refractivity contribution < 1.29 is 14.7 Å². The van der Waals surface area contributed by atoms with Gasteiger partial charge in [-0.2, -0.15) is 0 Å². The molecule has 10 heavy (non-hydrogen) atoms. The summed E-state index contributed by atoms with van der Waals surface area (Å²) in [5, 5.41) is 7.28. The predicted molar refractivity (Wildman–Crippen MR) is 35.2 cm³/mol. The molecule has 0 saturated heterocycles. The summed E-state index contributed by atoms with van der Waals surface area (Å²) in [6.45, 7) is 0. The Morgan fingerprint density at radius 2 is 2.00 bits per heavy atom. The second-order valence-corrected chi connectivity index (χ2v) is 1.89. The first-order valence-electron chi connectivity index (χ1n) is 2.11. The van der Waals surface area contributed by atoms with E-state index in [1.165, 1.54) is 0 Å². The summed E-state index contributed by atoms with van der Waals surface area (Å²) in [4.78, 5) is 29.4. The third kappa shape index (κ3) is 4.98. The van der Waals surface area contributed by atoms with Gasteiger partial charge < -0.3 is 5.11 Å². The van der Waals surface area contributed by atoms with Crippen molar-refractivity contribution in [2.45, 2.75) is 0 Å². The zero-order valence-electron chi connectivity index (χ0n) is 4.68.